The van der Waals surface area contributed by atoms with E-state index in [9.17, 15) is 14.7 Å². The Morgan fingerprint density at radius 2 is 2.16 bits per heavy atom. The van der Waals surface area contributed by atoms with Crippen molar-refractivity contribution < 1.29 is 28.9 Å². The summed E-state index contributed by atoms with van der Waals surface area (Å²) in [5.41, 5.74) is 1.77. The number of amides is 1. The molecule has 1 aromatic carbocycles. The highest BCUT2D eigenvalue weighted by atomic mass is 32.1. The molecular formula is C19H13N5O6S. The zero-order chi connectivity index (χ0) is 21.5. The lowest BCUT2D eigenvalue weighted by atomic mass is 9.96. The molecule has 2 aromatic heterocycles. The number of ketones is 1. The van der Waals surface area contributed by atoms with Crippen LogP contribution in [0.5, 0.6) is 17.2 Å². The van der Waals surface area contributed by atoms with Crippen LogP contribution in [-0.2, 0) is 9.59 Å². The van der Waals surface area contributed by atoms with E-state index in [0.717, 1.165) is 11.3 Å². The molecule has 0 bridgehead atoms. The maximum atomic E-state index is 13.0. The number of anilines is 1. The second-order valence-electron chi connectivity index (χ2n) is 6.44. The highest BCUT2D eigenvalue weighted by molar-refractivity contribution is 7.13. The molecule has 2 aliphatic rings. The monoisotopic (exact) mass is 439 g/mol. The Bertz CT molecular complexity index is 1210. The number of ether oxygens (including phenoxy) is 3. The summed E-state index contributed by atoms with van der Waals surface area (Å²) in [5.74, 6) is -1.05. The highest BCUT2D eigenvalue weighted by Crippen LogP contribution is 2.48. The van der Waals surface area contributed by atoms with Gasteiger partial charge in [0.25, 0.3) is 5.78 Å². The first-order chi connectivity index (χ1) is 15.1. The van der Waals surface area contributed by atoms with E-state index in [-0.39, 0.29) is 23.2 Å². The number of nitrogens with zero attached hydrogens (tertiary/aromatic N) is 5. The number of fused-ring (bicyclic) bond motifs is 1. The molecule has 0 radical (unpaired) electrons. The van der Waals surface area contributed by atoms with Gasteiger partial charge in [-0.1, -0.05) is 11.3 Å². The molecule has 1 unspecified atom stereocenters. The van der Waals surface area contributed by atoms with Crippen LogP contribution in [0.3, 0.4) is 0 Å². The number of carbonyl (C=O) groups is 2. The summed E-state index contributed by atoms with van der Waals surface area (Å²) in [6.45, 7) is 0.00530. The summed E-state index contributed by atoms with van der Waals surface area (Å²) in [4.78, 5) is 35.1. The van der Waals surface area contributed by atoms with Crippen molar-refractivity contribution in [2.45, 2.75) is 6.04 Å². The van der Waals surface area contributed by atoms with E-state index in [1.54, 1.807) is 12.1 Å². The first-order valence-electron chi connectivity index (χ1n) is 8.91. The van der Waals surface area contributed by atoms with Crippen molar-refractivity contribution >= 4 is 33.9 Å². The molecule has 11 nitrogen and oxygen atoms in total. The lowest BCUT2D eigenvalue weighted by molar-refractivity contribution is -0.132. The third-order valence-electron chi connectivity index (χ3n) is 4.80. The van der Waals surface area contributed by atoms with Crippen molar-refractivity contribution in [3.8, 4) is 17.2 Å². The average Bonchev–Trinajstić information content (AvgIpc) is 3.54. The van der Waals surface area contributed by atoms with E-state index >= 15 is 0 Å². The van der Waals surface area contributed by atoms with Crippen molar-refractivity contribution in [1.29, 1.82) is 0 Å². The zero-order valence-electron chi connectivity index (χ0n) is 15.9. The van der Waals surface area contributed by atoms with Gasteiger partial charge >= 0.3 is 5.91 Å². The summed E-state index contributed by atoms with van der Waals surface area (Å²) < 4.78 is 16.3. The molecule has 5 rings (SSSR count). The van der Waals surface area contributed by atoms with Gasteiger partial charge in [-0.2, -0.15) is 0 Å². The second-order valence-corrected chi connectivity index (χ2v) is 7.25. The van der Waals surface area contributed by atoms with Gasteiger partial charge in [0.2, 0.25) is 17.7 Å². The van der Waals surface area contributed by atoms with Gasteiger partial charge in [-0.25, -0.2) is 4.98 Å². The number of aromatic nitrogens is 4. The van der Waals surface area contributed by atoms with Crippen LogP contribution in [-0.4, -0.2) is 50.9 Å². The van der Waals surface area contributed by atoms with Crippen LogP contribution in [0, 0.1) is 0 Å². The molecule has 12 heteroatoms. The maximum absolute atomic E-state index is 13.0. The fourth-order valence-corrected chi connectivity index (χ4v) is 4.07. The molecule has 1 amide bonds. The number of rotatable bonds is 4. The van der Waals surface area contributed by atoms with E-state index in [2.05, 4.69) is 20.2 Å². The summed E-state index contributed by atoms with van der Waals surface area (Å²) in [6.07, 6.45) is 4.09. The smallest absolute Gasteiger partial charge is 0.301 e. The number of aliphatic hydroxyl groups excluding tert-OH is 1. The molecule has 2 aliphatic heterocycles. The number of carbonyl (C=O) groups excluding carboxylic acids is 2. The van der Waals surface area contributed by atoms with Crippen LogP contribution in [0.4, 0.5) is 5.13 Å². The molecule has 1 atom stereocenters. The third kappa shape index (κ3) is 2.95. The van der Waals surface area contributed by atoms with Gasteiger partial charge in [-0.15, -0.1) is 10.2 Å². The van der Waals surface area contributed by atoms with E-state index in [1.165, 1.54) is 36.1 Å². The third-order valence-corrected chi connectivity index (χ3v) is 5.49. The first-order valence-corrected chi connectivity index (χ1v) is 9.79. The maximum Gasteiger partial charge on any atom is 0.301 e. The van der Waals surface area contributed by atoms with Crippen LogP contribution in [0.25, 0.3) is 5.76 Å². The van der Waals surface area contributed by atoms with Gasteiger partial charge in [-0.05, 0) is 17.7 Å². The van der Waals surface area contributed by atoms with Gasteiger partial charge in [0.05, 0.1) is 24.9 Å². The van der Waals surface area contributed by atoms with Crippen molar-refractivity contribution in [3.63, 3.8) is 0 Å². The molecule has 4 heterocycles. The summed E-state index contributed by atoms with van der Waals surface area (Å²) in [5, 5.41) is 18.8. The number of hydrogen-bond donors (Lipinski definition) is 1. The lowest BCUT2D eigenvalue weighted by Gasteiger charge is -2.23. The fourth-order valence-electron chi connectivity index (χ4n) is 3.48. The van der Waals surface area contributed by atoms with Crippen LogP contribution in [0.1, 0.15) is 17.3 Å². The van der Waals surface area contributed by atoms with Gasteiger partial charge in [-0.3, -0.25) is 19.5 Å². The molecular weight excluding hydrogens is 426 g/mol. The topological polar surface area (TPSA) is 137 Å². The predicted octanol–water partition coefficient (Wildman–Crippen LogP) is 1.69. The molecule has 0 spiro atoms. The summed E-state index contributed by atoms with van der Waals surface area (Å²) in [6, 6.07) is 2.21. The Morgan fingerprint density at radius 3 is 2.87 bits per heavy atom. The van der Waals surface area contributed by atoms with Gasteiger partial charge in [0.1, 0.15) is 11.2 Å². The molecule has 0 aliphatic carbocycles. The van der Waals surface area contributed by atoms with Gasteiger partial charge in [0, 0.05) is 12.4 Å². The Labute approximate surface area is 178 Å². The van der Waals surface area contributed by atoms with E-state index in [0.29, 0.717) is 22.8 Å². The number of methoxy groups -OCH3 is 1. The molecule has 156 valence electrons. The number of hydrogen-bond acceptors (Lipinski definition) is 11. The number of benzene rings is 1. The Balaban J connectivity index is 1.75. The zero-order valence-corrected chi connectivity index (χ0v) is 16.7. The van der Waals surface area contributed by atoms with Crippen LogP contribution in [0.15, 0.2) is 41.8 Å². The van der Waals surface area contributed by atoms with E-state index in [1.807, 2.05) is 0 Å². The van der Waals surface area contributed by atoms with Crippen LogP contribution >= 0.6 is 11.3 Å². The Morgan fingerprint density at radius 1 is 1.29 bits per heavy atom. The largest absolute Gasteiger partial charge is 0.505 e. The summed E-state index contributed by atoms with van der Waals surface area (Å²) >= 11 is 1.08. The van der Waals surface area contributed by atoms with Gasteiger partial charge in [0.15, 0.2) is 17.3 Å². The van der Waals surface area contributed by atoms with Crippen LogP contribution < -0.4 is 19.1 Å². The van der Waals surface area contributed by atoms with Crippen molar-refractivity contribution in [2.24, 2.45) is 0 Å². The quantitative estimate of drug-likeness (QED) is 0.363. The van der Waals surface area contributed by atoms with Crippen molar-refractivity contribution in [2.75, 3.05) is 18.8 Å². The SMILES string of the molecule is COc1cc(C2/C(=C(\O)c3cnccn3)C(=O)C(=O)N2c2nncs2)cc2c1OCO2. The second kappa shape index (κ2) is 7.32. The first kappa shape index (κ1) is 18.9. The highest BCUT2D eigenvalue weighted by Gasteiger charge is 2.49. The lowest BCUT2D eigenvalue weighted by Crippen LogP contribution is -2.29. The summed E-state index contributed by atoms with van der Waals surface area (Å²) in [7, 11) is 1.46. The molecule has 1 N–H and O–H groups in total. The normalized spacial score (nSPS) is 19.1. The molecule has 3 aromatic rings. The van der Waals surface area contributed by atoms with Crippen LogP contribution in [0.2, 0.25) is 0 Å². The number of Topliss-reactive ketones (excluding diaryl/α,β-unsaturated/α-hetero) is 1. The van der Waals surface area contributed by atoms with E-state index < -0.39 is 23.5 Å². The van der Waals surface area contributed by atoms with E-state index in [4.69, 9.17) is 14.2 Å². The molecule has 0 saturated carbocycles. The minimum Gasteiger partial charge on any atom is -0.505 e. The predicted molar refractivity (Wildman–Crippen MR) is 106 cm³/mol. The fraction of sp³-hybridized carbons (Fsp3) is 0.158. The molecule has 31 heavy (non-hydrogen) atoms. The minimum atomic E-state index is -1.03. The standard InChI is InChI=1S/C19H13N5O6S/c1-28-11-4-9(5-12-17(11)30-8-29-12)14-13(15(25)10-6-20-2-3-21-10)16(26)18(27)24(14)19-23-22-7-31-19/h2-7,14,25H,8H2,1H3/b15-13+. The van der Waals surface area contributed by atoms with Crippen molar-refractivity contribution in [3.05, 3.63) is 53.1 Å². The van der Waals surface area contributed by atoms with Gasteiger partial charge < -0.3 is 19.3 Å². The molecule has 1 fully saturated rings. The minimum absolute atomic E-state index is 0.00530. The Kier molecular flexibility index (Phi) is 4.47. The molecule has 1 saturated heterocycles. The van der Waals surface area contributed by atoms with Crippen molar-refractivity contribution in [1.82, 2.24) is 20.2 Å². The number of aliphatic hydroxyl groups is 1. The average molecular weight is 439 g/mol. The Hall–Kier alpha value is -4.06.